The quantitative estimate of drug-likeness (QED) is 0.343. The van der Waals surface area contributed by atoms with Gasteiger partial charge in [0.2, 0.25) is 0 Å². The Hall–Kier alpha value is -4.10. The van der Waals surface area contributed by atoms with E-state index in [1.807, 2.05) is 67.8 Å². The normalized spacial score (nSPS) is 12.7. The molecule has 0 spiro atoms. The van der Waals surface area contributed by atoms with E-state index in [2.05, 4.69) is 10.3 Å². The first-order chi connectivity index (χ1) is 17.0. The van der Waals surface area contributed by atoms with E-state index >= 15 is 0 Å². The van der Waals surface area contributed by atoms with E-state index in [-0.39, 0.29) is 17.4 Å². The summed E-state index contributed by atoms with van der Waals surface area (Å²) < 4.78 is 0. The smallest absolute Gasteiger partial charge is 0.266 e. The number of nitrogens with one attached hydrogen (secondary N) is 1. The molecule has 2 heterocycles. The number of nitrogens with zero attached hydrogens (tertiary/aromatic N) is 2. The number of hydrogen-bond donors (Lipinski definition) is 1. The molecule has 0 saturated heterocycles. The number of anilines is 2. The number of benzene rings is 3. The van der Waals surface area contributed by atoms with E-state index in [4.69, 9.17) is 0 Å². The Morgan fingerprint density at radius 3 is 2.26 bits per heavy atom. The summed E-state index contributed by atoms with van der Waals surface area (Å²) in [5.41, 5.74) is 5.11. The molecule has 5 rings (SSSR count). The minimum absolute atomic E-state index is 0.236. The Bertz CT molecular complexity index is 1440. The minimum atomic E-state index is -0.407. The third kappa shape index (κ3) is 4.04. The lowest BCUT2D eigenvalue weighted by molar-refractivity contribution is 0.0925. The second-order valence-electron chi connectivity index (χ2n) is 8.20. The van der Waals surface area contributed by atoms with Crippen LogP contribution in [0.15, 0.2) is 72.1 Å². The molecule has 3 amide bonds. The molecule has 1 aromatic heterocycles. The van der Waals surface area contributed by atoms with E-state index in [9.17, 15) is 14.4 Å². The van der Waals surface area contributed by atoms with Crippen LogP contribution < -0.4 is 10.2 Å². The van der Waals surface area contributed by atoms with Crippen molar-refractivity contribution in [1.29, 1.82) is 0 Å². The fourth-order valence-electron chi connectivity index (χ4n) is 4.33. The van der Waals surface area contributed by atoms with Gasteiger partial charge in [-0.15, -0.1) is 11.3 Å². The van der Waals surface area contributed by atoms with Crippen molar-refractivity contribution in [1.82, 2.24) is 4.98 Å². The Labute approximate surface area is 207 Å². The highest BCUT2D eigenvalue weighted by atomic mass is 32.1. The highest BCUT2D eigenvalue weighted by Gasteiger charge is 2.38. The number of hydrogen-bond acceptors (Lipinski definition) is 5. The molecule has 0 radical (unpaired) electrons. The van der Waals surface area contributed by atoms with E-state index in [1.165, 1.54) is 22.3 Å². The summed E-state index contributed by atoms with van der Waals surface area (Å²) in [6.45, 7) is 4.00. The van der Waals surface area contributed by atoms with Crippen molar-refractivity contribution in [2.75, 3.05) is 10.2 Å². The van der Waals surface area contributed by atoms with Gasteiger partial charge in [0.05, 0.1) is 22.5 Å². The summed E-state index contributed by atoms with van der Waals surface area (Å²) in [4.78, 5) is 45.3. The number of carbonyl (C=O) groups is 3. The molecule has 1 aliphatic heterocycles. The largest absolute Gasteiger partial charge is 0.298 e. The van der Waals surface area contributed by atoms with E-state index < -0.39 is 5.91 Å². The summed E-state index contributed by atoms with van der Waals surface area (Å²) in [6.07, 6.45) is 1.39. The molecule has 4 aromatic rings. The molecule has 6 nitrogen and oxygen atoms in total. The standard InChI is InChI=1S/C28H23N3O3S/c1-3-17-11-8-12-18(4-2)24(17)31-26(33)21-14-13-20(15-22(21)27(31)34)25(32)30-28-29-23(16-35-28)19-9-6-5-7-10-19/h5-16H,3-4H2,1-2H3,(H,29,30,32). The van der Waals surface area contributed by atoms with Gasteiger partial charge in [-0.1, -0.05) is 62.4 Å². The maximum absolute atomic E-state index is 13.4. The summed E-state index contributed by atoms with van der Waals surface area (Å²) in [6, 6.07) is 20.2. The fraction of sp³-hybridized carbons (Fsp3) is 0.143. The Kier molecular flexibility index (Phi) is 6.01. The lowest BCUT2D eigenvalue weighted by Crippen LogP contribution is -2.31. The van der Waals surface area contributed by atoms with Gasteiger partial charge in [-0.3, -0.25) is 19.7 Å². The minimum Gasteiger partial charge on any atom is -0.298 e. The molecule has 0 fully saturated rings. The van der Waals surface area contributed by atoms with Crippen LogP contribution in [0.25, 0.3) is 11.3 Å². The zero-order valence-corrected chi connectivity index (χ0v) is 20.2. The van der Waals surface area contributed by atoms with Gasteiger partial charge in [-0.2, -0.15) is 0 Å². The first-order valence-corrected chi connectivity index (χ1v) is 12.4. The van der Waals surface area contributed by atoms with Crippen LogP contribution in [0.4, 0.5) is 10.8 Å². The predicted octanol–water partition coefficient (Wildman–Crippen LogP) is 5.99. The number of aryl methyl sites for hydroxylation is 2. The number of aromatic nitrogens is 1. The lowest BCUT2D eigenvalue weighted by atomic mass is 10.0. The first-order valence-electron chi connectivity index (χ1n) is 11.5. The highest BCUT2D eigenvalue weighted by Crippen LogP contribution is 2.35. The summed E-state index contributed by atoms with van der Waals surface area (Å²) in [5.74, 6) is -1.15. The molecular formula is C28H23N3O3S. The van der Waals surface area contributed by atoms with Gasteiger partial charge in [-0.25, -0.2) is 9.88 Å². The summed E-state index contributed by atoms with van der Waals surface area (Å²) >= 11 is 1.33. The van der Waals surface area contributed by atoms with Crippen molar-refractivity contribution in [3.05, 3.63) is 99.9 Å². The van der Waals surface area contributed by atoms with Crippen molar-refractivity contribution in [2.24, 2.45) is 0 Å². The number of amides is 3. The zero-order valence-electron chi connectivity index (χ0n) is 19.4. The van der Waals surface area contributed by atoms with Crippen molar-refractivity contribution >= 4 is 39.9 Å². The third-order valence-corrected chi connectivity index (χ3v) is 6.89. The number of rotatable bonds is 6. The number of para-hydroxylation sites is 1. The van der Waals surface area contributed by atoms with Crippen molar-refractivity contribution in [3.8, 4) is 11.3 Å². The zero-order chi connectivity index (χ0) is 24.5. The SMILES string of the molecule is CCc1cccc(CC)c1N1C(=O)c2ccc(C(=O)Nc3nc(-c4ccccc4)cs3)cc2C1=O. The monoisotopic (exact) mass is 481 g/mol. The van der Waals surface area contributed by atoms with E-state index in [0.717, 1.165) is 22.4 Å². The molecule has 1 N–H and O–H groups in total. The Morgan fingerprint density at radius 1 is 0.886 bits per heavy atom. The van der Waals surface area contributed by atoms with Gasteiger partial charge >= 0.3 is 0 Å². The van der Waals surface area contributed by atoms with Crippen molar-refractivity contribution < 1.29 is 14.4 Å². The fourth-order valence-corrected chi connectivity index (χ4v) is 5.04. The maximum Gasteiger partial charge on any atom is 0.266 e. The van der Waals surface area contributed by atoms with Gasteiger partial charge in [0.1, 0.15) is 0 Å². The van der Waals surface area contributed by atoms with Crippen LogP contribution in [-0.2, 0) is 12.8 Å². The van der Waals surface area contributed by atoms with Crippen LogP contribution in [0.1, 0.15) is 56.0 Å². The number of fused-ring (bicyclic) bond motifs is 1. The molecule has 0 aliphatic carbocycles. The van der Waals surface area contributed by atoms with Crippen LogP contribution in [0.3, 0.4) is 0 Å². The van der Waals surface area contributed by atoms with Crippen molar-refractivity contribution in [3.63, 3.8) is 0 Å². The lowest BCUT2D eigenvalue weighted by Gasteiger charge is -2.21. The van der Waals surface area contributed by atoms with Crippen LogP contribution in [0.5, 0.6) is 0 Å². The third-order valence-electron chi connectivity index (χ3n) is 6.13. The molecule has 35 heavy (non-hydrogen) atoms. The first kappa shape index (κ1) is 22.7. The molecule has 174 valence electrons. The van der Waals surface area contributed by atoms with Crippen LogP contribution >= 0.6 is 11.3 Å². The molecule has 0 saturated carbocycles. The molecule has 0 atom stereocenters. The molecular weight excluding hydrogens is 458 g/mol. The molecule has 0 unspecified atom stereocenters. The highest BCUT2D eigenvalue weighted by molar-refractivity contribution is 7.14. The second kappa shape index (κ2) is 9.27. The predicted molar refractivity (Wildman–Crippen MR) is 138 cm³/mol. The van der Waals surface area contributed by atoms with Gasteiger partial charge in [0.25, 0.3) is 17.7 Å². The van der Waals surface area contributed by atoms with Crippen LogP contribution in [-0.4, -0.2) is 22.7 Å². The molecule has 7 heteroatoms. The van der Waals surface area contributed by atoms with Crippen LogP contribution in [0, 0.1) is 0 Å². The van der Waals surface area contributed by atoms with Gasteiger partial charge in [0, 0.05) is 16.5 Å². The average molecular weight is 482 g/mol. The second-order valence-corrected chi connectivity index (χ2v) is 9.05. The summed E-state index contributed by atoms with van der Waals surface area (Å²) in [7, 11) is 0. The topological polar surface area (TPSA) is 79.4 Å². The number of imide groups is 1. The molecule has 0 bridgehead atoms. The average Bonchev–Trinajstić information content (AvgIpc) is 3.46. The van der Waals surface area contributed by atoms with Crippen LogP contribution in [0.2, 0.25) is 0 Å². The number of thiazole rings is 1. The number of carbonyl (C=O) groups excluding carboxylic acids is 3. The Balaban J connectivity index is 1.42. The van der Waals surface area contributed by atoms with E-state index in [0.29, 0.717) is 34.8 Å². The van der Waals surface area contributed by atoms with Gasteiger partial charge in [0.15, 0.2) is 5.13 Å². The maximum atomic E-state index is 13.4. The Morgan fingerprint density at radius 2 is 1.57 bits per heavy atom. The molecule has 1 aliphatic rings. The van der Waals surface area contributed by atoms with Crippen molar-refractivity contribution in [2.45, 2.75) is 26.7 Å². The molecule has 3 aromatic carbocycles. The van der Waals surface area contributed by atoms with E-state index in [1.54, 1.807) is 12.1 Å². The van der Waals surface area contributed by atoms with Gasteiger partial charge < -0.3 is 0 Å². The van der Waals surface area contributed by atoms with Gasteiger partial charge in [-0.05, 0) is 42.2 Å². The summed E-state index contributed by atoms with van der Waals surface area (Å²) in [5, 5.41) is 5.14.